The summed E-state index contributed by atoms with van der Waals surface area (Å²) >= 11 is 3.49. The number of phenols is 1. The van der Waals surface area contributed by atoms with Crippen LogP contribution in [0.1, 0.15) is 71.1 Å². The smallest absolute Gasteiger partial charge is 0.123 e. The number of aromatic hydroxyl groups is 1. The van der Waals surface area contributed by atoms with Crippen LogP contribution >= 0.6 is 15.9 Å². The van der Waals surface area contributed by atoms with Gasteiger partial charge in [0.15, 0.2) is 0 Å². The van der Waals surface area contributed by atoms with E-state index in [-0.39, 0.29) is 10.8 Å². The molecule has 0 aliphatic heterocycles. The molecule has 0 aliphatic rings. The number of hydrogen-bond acceptors (Lipinski definition) is 1. The van der Waals surface area contributed by atoms with E-state index in [1.165, 1.54) is 5.56 Å². The predicted octanol–water partition coefficient (Wildman–Crippen LogP) is 5.66. The second-order valence-electron chi connectivity index (χ2n) is 6.68. The Morgan fingerprint density at radius 1 is 1.05 bits per heavy atom. The Hall–Kier alpha value is -0.500. The first-order valence-electron chi connectivity index (χ1n) is 7.12. The fourth-order valence-corrected chi connectivity index (χ4v) is 2.75. The predicted molar refractivity (Wildman–Crippen MR) is 87.4 cm³/mol. The average molecular weight is 327 g/mol. The molecule has 19 heavy (non-hydrogen) atoms. The average Bonchev–Trinajstić information content (AvgIpc) is 2.36. The van der Waals surface area contributed by atoms with Crippen LogP contribution in [0.25, 0.3) is 0 Å². The number of hydrogen-bond donors (Lipinski definition) is 1. The highest BCUT2D eigenvalue weighted by atomic mass is 79.9. The third kappa shape index (κ3) is 3.34. The molecule has 0 unspecified atom stereocenters. The van der Waals surface area contributed by atoms with Gasteiger partial charge in [-0.15, -0.1) is 0 Å². The molecule has 1 nitrogen and oxygen atoms in total. The van der Waals surface area contributed by atoms with Gasteiger partial charge in [0.1, 0.15) is 5.75 Å². The van der Waals surface area contributed by atoms with Crippen LogP contribution in [0.4, 0.5) is 0 Å². The van der Waals surface area contributed by atoms with E-state index in [2.05, 4.69) is 69.6 Å². The van der Waals surface area contributed by atoms with E-state index >= 15 is 0 Å². The van der Waals surface area contributed by atoms with Crippen LogP contribution in [0.5, 0.6) is 5.75 Å². The van der Waals surface area contributed by atoms with Crippen molar-refractivity contribution in [3.63, 3.8) is 0 Å². The van der Waals surface area contributed by atoms with Crippen LogP contribution < -0.4 is 0 Å². The van der Waals surface area contributed by atoms with Crippen LogP contribution in [-0.2, 0) is 16.2 Å². The number of alkyl halides is 1. The van der Waals surface area contributed by atoms with Crippen LogP contribution in [0.2, 0.25) is 0 Å². The van der Waals surface area contributed by atoms with E-state index in [0.29, 0.717) is 11.1 Å². The molecule has 0 bridgehead atoms. The molecular weight excluding hydrogens is 300 g/mol. The van der Waals surface area contributed by atoms with Gasteiger partial charge in [-0.05, 0) is 29.2 Å². The molecule has 1 aromatic rings. The molecule has 108 valence electrons. The van der Waals surface area contributed by atoms with Gasteiger partial charge in [0.05, 0.1) is 0 Å². The Morgan fingerprint density at radius 2 is 1.58 bits per heavy atom. The molecule has 0 fully saturated rings. The maximum absolute atomic E-state index is 10.5. The molecule has 0 heterocycles. The van der Waals surface area contributed by atoms with Crippen LogP contribution in [-0.4, -0.2) is 5.11 Å². The van der Waals surface area contributed by atoms with E-state index in [9.17, 15) is 5.11 Å². The van der Waals surface area contributed by atoms with Crippen molar-refractivity contribution in [3.05, 3.63) is 28.8 Å². The largest absolute Gasteiger partial charge is 0.507 e. The van der Waals surface area contributed by atoms with Crippen LogP contribution in [0.3, 0.4) is 0 Å². The van der Waals surface area contributed by atoms with E-state index in [1.807, 2.05) is 0 Å². The molecule has 2 heteroatoms. The fraction of sp³-hybridized carbons (Fsp3) is 0.647. The van der Waals surface area contributed by atoms with Crippen molar-refractivity contribution in [2.45, 2.75) is 70.5 Å². The number of rotatable bonds is 4. The molecule has 0 aliphatic carbocycles. The summed E-state index contributed by atoms with van der Waals surface area (Å²) in [5.74, 6) is 0.469. The SMILES string of the molecule is CCC(C)(CC)c1cc(C(C)(C)C)cc(CBr)c1O. The molecule has 0 radical (unpaired) electrons. The molecule has 0 atom stereocenters. The molecule has 0 saturated carbocycles. The Labute approximate surface area is 126 Å². The molecule has 0 spiro atoms. The minimum absolute atomic E-state index is 0.0439. The molecule has 0 aromatic heterocycles. The lowest BCUT2D eigenvalue weighted by molar-refractivity contribution is 0.394. The third-order valence-electron chi connectivity index (χ3n) is 4.41. The minimum Gasteiger partial charge on any atom is -0.507 e. The van der Waals surface area contributed by atoms with Crippen molar-refractivity contribution in [1.82, 2.24) is 0 Å². The first-order valence-corrected chi connectivity index (χ1v) is 8.24. The van der Waals surface area contributed by atoms with Crippen LogP contribution in [0.15, 0.2) is 12.1 Å². The lowest BCUT2D eigenvalue weighted by Crippen LogP contribution is -2.22. The Kier molecular flexibility index (Phi) is 5.11. The van der Waals surface area contributed by atoms with Gasteiger partial charge in [-0.2, -0.15) is 0 Å². The van der Waals surface area contributed by atoms with Crippen molar-refractivity contribution in [3.8, 4) is 5.75 Å². The topological polar surface area (TPSA) is 20.2 Å². The van der Waals surface area contributed by atoms with Crippen molar-refractivity contribution in [2.24, 2.45) is 0 Å². The molecule has 1 N–H and O–H groups in total. The zero-order valence-corrected chi connectivity index (χ0v) is 14.7. The van der Waals surface area contributed by atoms with Crippen LogP contribution in [0, 0.1) is 0 Å². The first kappa shape index (κ1) is 16.6. The fourth-order valence-electron chi connectivity index (χ4n) is 2.32. The van der Waals surface area contributed by atoms with E-state index in [1.54, 1.807) is 0 Å². The van der Waals surface area contributed by atoms with Gasteiger partial charge in [-0.1, -0.05) is 69.6 Å². The van der Waals surface area contributed by atoms with E-state index < -0.39 is 0 Å². The van der Waals surface area contributed by atoms with Gasteiger partial charge in [0, 0.05) is 16.5 Å². The van der Waals surface area contributed by atoms with E-state index in [0.717, 1.165) is 24.0 Å². The monoisotopic (exact) mass is 326 g/mol. The summed E-state index contributed by atoms with van der Waals surface area (Å²) in [5.41, 5.74) is 3.53. The molecule has 1 aromatic carbocycles. The Morgan fingerprint density at radius 3 is 1.95 bits per heavy atom. The normalized spacial score (nSPS) is 12.8. The van der Waals surface area contributed by atoms with Gasteiger partial charge < -0.3 is 5.11 Å². The molecule has 0 amide bonds. The maximum atomic E-state index is 10.5. The molecule has 0 saturated heterocycles. The summed E-state index contributed by atoms with van der Waals surface area (Å²) in [6.07, 6.45) is 2.07. The highest BCUT2D eigenvalue weighted by Gasteiger charge is 2.29. The maximum Gasteiger partial charge on any atom is 0.123 e. The van der Waals surface area contributed by atoms with Gasteiger partial charge in [-0.25, -0.2) is 0 Å². The zero-order chi connectivity index (χ0) is 14.8. The number of benzene rings is 1. The van der Waals surface area contributed by atoms with Crippen molar-refractivity contribution in [2.75, 3.05) is 0 Å². The van der Waals surface area contributed by atoms with Gasteiger partial charge in [0.2, 0.25) is 0 Å². The quantitative estimate of drug-likeness (QED) is 0.707. The lowest BCUT2D eigenvalue weighted by atomic mass is 9.74. The molecular formula is C17H27BrO. The minimum atomic E-state index is 0.0439. The van der Waals surface area contributed by atoms with Gasteiger partial charge >= 0.3 is 0 Å². The first-order chi connectivity index (χ1) is 8.69. The number of halogens is 1. The van der Waals surface area contributed by atoms with E-state index in [4.69, 9.17) is 0 Å². The number of phenolic OH excluding ortho intramolecular Hbond substituents is 1. The Bertz CT molecular complexity index is 439. The second-order valence-corrected chi connectivity index (χ2v) is 7.24. The summed E-state index contributed by atoms with van der Waals surface area (Å²) < 4.78 is 0. The van der Waals surface area contributed by atoms with Crippen molar-refractivity contribution in [1.29, 1.82) is 0 Å². The summed E-state index contributed by atoms with van der Waals surface area (Å²) in [4.78, 5) is 0. The third-order valence-corrected chi connectivity index (χ3v) is 5.01. The van der Waals surface area contributed by atoms with Gasteiger partial charge in [0.25, 0.3) is 0 Å². The Balaban J connectivity index is 3.55. The standard InChI is InChI=1S/C17H27BrO/c1-7-17(6,8-2)14-10-13(16(3,4)5)9-12(11-18)15(14)19/h9-10,19H,7-8,11H2,1-6H3. The molecule has 1 rings (SSSR count). The summed E-state index contributed by atoms with van der Waals surface area (Å²) in [6, 6.07) is 4.33. The summed E-state index contributed by atoms with van der Waals surface area (Å²) in [5, 5.41) is 11.2. The van der Waals surface area contributed by atoms with Gasteiger partial charge in [-0.3, -0.25) is 0 Å². The lowest BCUT2D eigenvalue weighted by Gasteiger charge is -2.31. The summed E-state index contributed by atoms with van der Waals surface area (Å²) in [7, 11) is 0. The highest BCUT2D eigenvalue weighted by molar-refractivity contribution is 9.08. The second kappa shape index (κ2) is 5.87. The van der Waals surface area contributed by atoms with Crippen molar-refractivity contribution >= 4 is 15.9 Å². The summed E-state index contributed by atoms with van der Waals surface area (Å²) in [6.45, 7) is 13.3. The van der Waals surface area contributed by atoms with Crippen molar-refractivity contribution < 1.29 is 5.11 Å². The highest BCUT2D eigenvalue weighted by Crippen LogP contribution is 2.41. The zero-order valence-electron chi connectivity index (χ0n) is 13.1.